The largest absolute Gasteiger partial charge is 0.383 e. The molecule has 0 aromatic carbocycles. The minimum atomic E-state index is -4.49. The maximum Gasteiger partial charge on any atom is 0.383 e. The van der Waals surface area contributed by atoms with E-state index in [-0.39, 0.29) is 12.4 Å². The van der Waals surface area contributed by atoms with Crippen LogP contribution in [0.5, 0.6) is 0 Å². The number of hydrogen-bond acceptors (Lipinski definition) is 5. The van der Waals surface area contributed by atoms with Crippen LogP contribution in [0.15, 0.2) is 4.52 Å². The quantitative estimate of drug-likeness (QED) is 0.796. The molecule has 1 aromatic rings. The highest BCUT2D eigenvalue weighted by Crippen LogP contribution is 2.33. The predicted molar refractivity (Wildman–Crippen MR) is 52.2 cm³/mol. The number of hydrogen-bond donors (Lipinski definition) is 1. The van der Waals surface area contributed by atoms with E-state index in [4.69, 9.17) is 10.5 Å². The molecule has 0 saturated carbocycles. The summed E-state index contributed by atoms with van der Waals surface area (Å²) in [6.45, 7) is 3.42. The molecule has 9 heteroatoms. The van der Waals surface area contributed by atoms with Gasteiger partial charge in [0.2, 0.25) is 0 Å². The van der Waals surface area contributed by atoms with Gasteiger partial charge in [-0.05, 0) is 13.8 Å². The topological polar surface area (TPSA) is 74.2 Å². The molecule has 5 nitrogen and oxygen atoms in total. The van der Waals surface area contributed by atoms with Crippen molar-refractivity contribution in [3.8, 4) is 0 Å². The fourth-order valence-electron chi connectivity index (χ4n) is 1.06. The lowest BCUT2D eigenvalue weighted by molar-refractivity contribution is -0.152. The molecule has 1 unspecified atom stereocenters. The van der Waals surface area contributed by atoms with Crippen molar-refractivity contribution in [3.63, 3.8) is 0 Å². The summed E-state index contributed by atoms with van der Waals surface area (Å²) in [7, 11) is 0. The number of aromatic nitrogens is 2. The number of halogens is 4. The average Bonchev–Trinajstić information content (AvgIpc) is 2.76. The molecule has 0 amide bonds. The van der Waals surface area contributed by atoms with Crippen LogP contribution in [0, 0.1) is 0 Å². The van der Waals surface area contributed by atoms with Gasteiger partial charge in [-0.2, -0.15) is 13.8 Å². The third kappa shape index (κ3) is 2.96. The molecular weight excluding hydrogens is 258 g/mol. The Balaban J connectivity index is 2.92. The number of ether oxygens (including phenoxy) is 1. The van der Waals surface area contributed by atoms with Crippen LogP contribution >= 0.6 is 0 Å². The molecule has 0 aliphatic heterocycles. The van der Waals surface area contributed by atoms with E-state index in [0.717, 1.165) is 0 Å². The number of nitrogens with two attached hydrogens (primary N) is 1. The van der Waals surface area contributed by atoms with Gasteiger partial charge in [-0.25, -0.2) is 8.78 Å². The molecule has 1 heterocycles. The molecule has 0 bridgehead atoms. The highest BCUT2D eigenvalue weighted by molar-refractivity contribution is 5.04. The molecule has 18 heavy (non-hydrogen) atoms. The lowest BCUT2D eigenvalue weighted by Gasteiger charge is -2.19. The molecule has 0 spiro atoms. The summed E-state index contributed by atoms with van der Waals surface area (Å²) in [6, 6.07) is 0. The van der Waals surface area contributed by atoms with Crippen LogP contribution in [0.25, 0.3) is 0 Å². The van der Waals surface area contributed by atoms with Crippen LogP contribution in [-0.2, 0) is 16.2 Å². The number of rotatable bonds is 6. The molecule has 2 N–H and O–H groups in total. The lowest BCUT2D eigenvalue weighted by atomic mass is 10.1. The first-order valence-corrected chi connectivity index (χ1v) is 5.09. The fourth-order valence-corrected chi connectivity index (χ4v) is 1.06. The molecule has 1 aromatic heterocycles. The van der Waals surface area contributed by atoms with Crippen LogP contribution in [0.1, 0.15) is 25.6 Å². The predicted octanol–water partition coefficient (Wildman–Crippen LogP) is 1.64. The zero-order valence-corrected chi connectivity index (χ0v) is 9.79. The summed E-state index contributed by atoms with van der Waals surface area (Å²) in [5, 5.41) is 3.19. The minimum absolute atomic E-state index is 0.0529. The third-order valence-corrected chi connectivity index (χ3v) is 2.10. The molecule has 0 saturated heterocycles. The van der Waals surface area contributed by atoms with E-state index in [1.54, 1.807) is 6.92 Å². The molecule has 0 radical (unpaired) electrons. The SMILES string of the molecule is CCOCC(C)(N)c1noc(C(F)(F)C(F)F)n1. The normalized spacial score (nSPS) is 16.0. The molecule has 104 valence electrons. The van der Waals surface area contributed by atoms with Crippen LogP contribution < -0.4 is 5.73 Å². The molecule has 1 rings (SSSR count). The van der Waals surface area contributed by atoms with Gasteiger partial charge in [0.1, 0.15) is 5.54 Å². The first kappa shape index (κ1) is 14.8. The van der Waals surface area contributed by atoms with Gasteiger partial charge in [-0.3, -0.25) is 0 Å². The van der Waals surface area contributed by atoms with E-state index in [0.29, 0.717) is 6.61 Å². The number of alkyl halides is 4. The molecule has 1 atom stereocenters. The first-order valence-electron chi connectivity index (χ1n) is 5.09. The Labute approximate surface area is 100 Å². The molecule has 0 aliphatic rings. The molecular formula is C9H13F4N3O2. The van der Waals surface area contributed by atoms with Crippen molar-refractivity contribution in [3.05, 3.63) is 11.7 Å². The van der Waals surface area contributed by atoms with E-state index < -0.39 is 23.8 Å². The second-order valence-corrected chi connectivity index (χ2v) is 3.90. The summed E-state index contributed by atoms with van der Waals surface area (Å²) in [4.78, 5) is 3.21. The van der Waals surface area contributed by atoms with E-state index in [1.807, 2.05) is 0 Å². The second-order valence-electron chi connectivity index (χ2n) is 3.90. The van der Waals surface area contributed by atoms with Crippen molar-refractivity contribution in [1.82, 2.24) is 10.1 Å². The number of nitrogens with zero attached hydrogens (tertiary/aromatic N) is 2. The summed E-state index contributed by atoms with van der Waals surface area (Å²) >= 11 is 0. The highest BCUT2D eigenvalue weighted by Gasteiger charge is 2.49. The lowest BCUT2D eigenvalue weighted by Crippen LogP contribution is -2.39. The summed E-state index contributed by atoms with van der Waals surface area (Å²) in [5.74, 6) is -6.26. The van der Waals surface area contributed by atoms with Crippen LogP contribution in [0.2, 0.25) is 0 Å². The fraction of sp³-hybridized carbons (Fsp3) is 0.778. The van der Waals surface area contributed by atoms with Gasteiger partial charge < -0.3 is 15.0 Å². The van der Waals surface area contributed by atoms with Crippen LogP contribution in [0.4, 0.5) is 17.6 Å². The van der Waals surface area contributed by atoms with Crippen molar-refractivity contribution in [2.24, 2.45) is 5.73 Å². The molecule has 0 aliphatic carbocycles. The standard InChI is InChI=1S/C9H13F4N3O2/c1-3-17-4-8(2,14)6-15-7(18-16-6)9(12,13)5(10)11/h5H,3-4,14H2,1-2H3. The summed E-state index contributed by atoms with van der Waals surface area (Å²) in [5.41, 5.74) is 4.42. The van der Waals surface area contributed by atoms with Gasteiger partial charge in [0.05, 0.1) is 6.61 Å². The summed E-state index contributed by atoms with van der Waals surface area (Å²) in [6.07, 6.45) is -3.93. The van der Waals surface area contributed by atoms with Crippen molar-refractivity contribution in [2.45, 2.75) is 31.7 Å². The third-order valence-electron chi connectivity index (χ3n) is 2.10. The maximum atomic E-state index is 12.9. The Kier molecular flexibility index (Phi) is 4.28. The van der Waals surface area contributed by atoms with E-state index in [2.05, 4.69) is 14.7 Å². The van der Waals surface area contributed by atoms with E-state index >= 15 is 0 Å². The van der Waals surface area contributed by atoms with Crippen molar-refractivity contribution >= 4 is 0 Å². The van der Waals surface area contributed by atoms with E-state index in [9.17, 15) is 17.6 Å². The van der Waals surface area contributed by atoms with Crippen LogP contribution in [-0.4, -0.2) is 29.8 Å². The second kappa shape index (κ2) is 5.19. The van der Waals surface area contributed by atoms with E-state index in [1.165, 1.54) is 6.92 Å². The maximum absolute atomic E-state index is 12.9. The Morgan fingerprint density at radius 2 is 2.06 bits per heavy atom. The van der Waals surface area contributed by atoms with Gasteiger partial charge >= 0.3 is 18.2 Å². The van der Waals surface area contributed by atoms with Crippen molar-refractivity contribution in [2.75, 3.05) is 13.2 Å². The highest BCUT2D eigenvalue weighted by atomic mass is 19.3. The smallest absolute Gasteiger partial charge is 0.379 e. The first-order chi connectivity index (χ1) is 8.21. The zero-order chi connectivity index (χ0) is 14.0. The van der Waals surface area contributed by atoms with Crippen molar-refractivity contribution in [1.29, 1.82) is 0 Å². The summed E-state index contributed by atoms with van der Waals surface area (Å²) < 4.78 is 59.1. The monoisotopic (exact) mass is 271 g/mol. The van der Waals surface area contributed by atoms with Gasteiger partial charge in [-0.15, -0.1) is 0 Å². The Morgan fingerprint density at radius 1 is 1.44 bits per heavy atom. The Hall–Kier alpha value is -1.22. The molecule has 0 fully saturated rings. The van der Waals surface area contributed by atoms with Gasteiger partial charge in [0, 0.05) is 6.61 Å². The van der Waals surface area contributed by atoms with Crippen LogP contribution in [0.3, 0.4) is 0 Å². The zero-order valence-electron chi connectivity index (χ0n) is 9.79. The van der Waals surface area contributed by atoms with Gasteiger partial charge in [-0.1, -0.05) is 5.16 Å². The van der Waals surface area contributed by atoms with Crippen molar-refractivity contribution < 1.29 is 26.8 Å². The average molecular weight is 271 g/mol. The van der Waals surface area contributed by atoms with Gasteiger partial charge in [0.15, 0.2) is 5.82 Å². The van der Waals surface area contributed by atoms with Gasteiger partial charge in [0.25, 0.3) is 0 Å². The minimum Gasteiger partial charge on any atom is -0.379 e. The Bertz CT molecular complexity index is 395. The Morgan fingerprint density at radius 3 is 2.56 bits per heavy atom.